The number of benzene rings is 1. The van der Waals surface area contributed by atoms with Crippen LogP contribution in [0.15, 0.2) is 59.7 Å². The summed E-state index contributed by atoms with van der Waals surface area (Å²) < 4.78 is 16.2. The first-order valence-corrected chi connectivity index (χ1v) is 10.0. The van der Waals surface area contributed by atoms with E-state index in [4.69, 9.17) is 0 Å². The molecular weight excluding hydrogens is 399 g/mol. The van der Waals surface area contributed by atoms with Crippen molar-refractivity contribution in [3.8, 4) is 5.69 Å². The van der Waals surface area contributed by atoms with Gasteiger partial charge in [0.25, 0.3) is 17.2 Å². The van der Waals surface area contributed by atoms with Gasteiger partial charge in [-0.05, 0) is 44.5 Å². The van der Waals surface area contributed by atoms with E-state index >= 15 is 0 Å². The molecule has 0 aliphatic carbocycles. The number of hydrogen-bond acceptors (Lipinski definition) is 3. The Labute approximate surface area is 178 Å². The number of imide groups is 1. The van der Waals surface area contributed by atoms with Gasteiger partial charge in [-0.3, -0.25) is 24.4 Å². The molecule has 0 radical (unpaired) electrons. The van der Waals surface area contributed by atoms with Gasteiger partial charge in [0.1, 0.15) is 11.4 Å². The van der Waals surface area contributed by atoms with Gasteiger partial charge in [-0.15, -0.1) is 0 Å². The van der Waals surface area contributed by atoms with Gasteiger partial charge < -0.3 is 0 Å². The summed E-state index contributed by atoms with van der Waals surface area (Å²) >= 11 is 0. The molecule has 0 fully saturated rings. The van der Waals surface area contributed by atoms with E-state index < -0.39 is 23.2 Å². The fraction of sp³-hybridized carbons (Fsp3) is 0.217. The van der Waals surface area contributed by atoms with Gasteiger partial charge in [0.05, 0.1) is 11.3 Å². The molecule has 158 valence electrons. The molecule has 2 amide bonds. The number of amides is 2. The highest BCUT2D eigenvalue weighted by Gasteiger charge is 2.48. The lowest BCUT2D eigenvalue weighted by Crippen LogP contribution is -2.42. The first-order valence-electron chi connectivity index (χ1n) is 10.0. The number of aryl methyl sites for hydroxylation is 1. The van der Waals surface area contributed by atoms with Crippen molar-refractivity contribution in [3.05, 3.63) is 82.3 Å². The lowest BCUT2D eigenvalue weighted by Gasteiger charge is -2.17. The molecule has 1 aliphatic rings. The molecule has 7 nitrogen and oxygen atoms in total. The third-order valence-electron chi connectivity index (χ3n) is 5.23. The Hall–Kier alpha value is -3.81. The van der Waals surface area contributed by atoms with Crippen LogP contribution in [0.3, 0.4) is 0 Å². The van der Waals surface area contributed by atoms with Crippen molar-refractivity contribution in [2.24, 2.45) is 0 Å². The number of halogens is 1. The predicted octanol–water partition coefficient (Wildman–Crippen LogP) is 2.30. The number of nitrogens with one attached hydrogen (secondary N) is 1. The van der Waals surface area contributed by atoms with E-state index in [1.165, 1.54) is 33.8 Å². The van der Waals surface area contributed by atoms with Crippen LogP contribution in [0.25, 0.3) is 17.0 Å². The fourth-order valence-corrected chi connectivity index (χ4v) is 3.78. The average Bonchev–Trinajstić information content (AvgIpc) is 3.21. The molecule has 0 bridgehead atoms. The summed E-state index contributed by atoms with van der Waals surface area (Å²) in [7, 11) is 0. The van der Waals surface area contributed by atoms with Crippen molar-refractivity contribution in [1.29, 1.82) is 0 Å². The predicted molar refractivity (Wildman–Crippen MR) is 112 cm³/mol. The standard InChI is InChI=1S/C23H21FN4O3/c1-4-17-18(22(30)28(25-17)16-10-8-15(24)9-11-16)19-20(26-12-6-5-7-13-26)23(31)27(14(2)3)21(19)29/h5-14H,4H2,1-3H3/p+1. The maximum Gasteiger partial charge on any atom is 0.327 e. The Balaban J connectivity index is 2.01. The van der Waals surface area contributed by atoms with Gasteiger partial charge in [0, 0.05) is 23.9 Å². The highest BCUT2D eigenvalue weighted by atomic mass is 19.1. The maximum absolute atomic E-state index is 13.4. The average molecular weight is 421 g/mol. The Morgan fingerprint density at radius 3 is 2.23 bits per heavy atom. The van der Waals surface area contributed by atoms with Gasteiger partial charge in [0.15, 0.2) is 12.4 Å². The van der Waals surface area contributed by atoms with Gasteiger partial charge in [-0.25, -0.2) is 9.07 Å². The Kier molecular flexibility index (Phi) is 5.14. The number of H-pyrrole nitrogens is 1. The summed E-state index contributed by atoms with van der Waals surface area (Å²) in [5, 5.41) is 3.02. The Morgan fingerprint density at radius 1 is 1.00 bits per heavy atom. The van der Waals surface area contributed by atoms with Crippen LogP contribution < -0.4 is 10.1 Å². The van der Waals surface area contributed by atoms with Crippen molar-refractivity contribution >= 4 is 23.1 Å². The molecule has 3 aromatic rings. The van der Waals surface area contributed by atoms with Crippen molar-refractivity contribution in [2.75, 3.05) is 0 Å². The number of nitrogens with zero attached hydrogens (tertiary/aromatic N) is 3. The van der Waals surface area contributed by atoms with Crippen LogP contribution in [0.2, 0.25) is 0 Å². The number of hydrogen-bond donors (Lipinski definition) is 1. The third-order valence-corrected chi connectivity index (χ3v) is 5.23. The lowest BCUT2D eigenvalue weighted by atomic mass is 10.0. The van der Waals surface area contributed by atoms with Gasteiger partial charge in [-0.2, -0.15) is 4.57 Å². The zero-order chi connectivity index (χ0) is 22.3. The summed E-state index contributed by atoms with van der Waals surface area (Å²) in [5.41, 5.74) is 0.827. The SMILES string of the molecule is CCc1[nH]n(-c2ccc(F)cc2)c(=O)c1C1=C([n+]2ccccc2)C(=O)N(C(C)C)C1=O. The first-order chi connectivity index (χ1) is 14.8. The van der Waals surface area contributed by atoms with Crippen molar-refractivity contribution in [1.82, 2.24) is 14.7 Å². The van der Waals surface area contributed by atoms with Crippen LogP contribution in [0.5, 0.6) is 0 Å². The summed E-state index contributed by atoms with van der Waals surface area (Å²) in [6.07, 6.45) is 3.76. The highest BCUT2D eigenvalue weighted by molar-refractivity contribution is 6.44. The molecule has 1 N–H and O–H groups in total. The monoisotopic (exact) mass is 421 g/mol. The van der Waals surface area contributed by atoms with Crippen LogP contribution in [0.1, 0.15) is 32.0 Å². The van der Waals surface area contributed by atoms with Crippen molar-refractivity contribution in [3.63, 3.8) is 0 Å². The number of aromatic nitrogens is 3. The summed E-state index contributed by atoms with van der Waals surface area (Å²) in [6.45, 7) is 5.35. The molecule has 1 aliphatic heterocycles. The Morgan fingerprint density at radius 2 is 1.65 bits per heavy atom. The van der Waals surface area contributed by atoms with Gasteiger partial charge >= 0.3 is 5.91 Å². The molecule has 3 heterocycles. The molecule has 0 saturated heterocycles. The van der Waals surface area contributed by atoms with Crippen LogP contribution in [-0.2, 0) is 16.0 Å². The topological polar surface area (TPSA) is 79.1 Å². The molecule has 0 atom stereocenters. The molecule has 4 rings (SSSR count). The quantitative estimate of drug-likeness (QED) is 0.507. The maximum atomic E-state index is 13.4. The van der Waals surface area contributed by atoms with Crippen LogP contribution in [-0.4, -0.2) is 32.5 Å². The summed E-state index contributed by atoms with van der Waals surface area (Å²) in [5.74, 6) is -1.39. The zero-order valence-corrected chi connectivity index (χ0v) is 17.4. The number of pyridine rings is 1. The Bertz CT molecular complexity index is 1250. The van der Waals surface area contributed by atoms with E-state index in [9.17, 15) is 18.8 Å². The van der Waals surface area contributed by atoms with Gasteiger partial charge in [-0.1, -0.05) is 13.0 Å². The van der Waals surface area contributed by atoms with Crippen molar-refractivity contribution in [2.45, 2.75) is 33.2 Å². The van der Waals surface area contributed by atoms with Crippen LogP contribution in [0, 0.1) is 5.82 Å². The molecule has 2 aromatic heterocycles. The molecular formula is C23H22FN4O3+. The number of carbonyl (C=O) groups is 2. The van der Waals surface area contributed by atoms with E-state index in [-0.39, 0.29) is 22.9 Å². The van der Waals surface area contributed by atoms with Crippen molar-refractivity contribution < 1.29 is 18.5 Å². The second-order valence-electron chi connectivity index (χ2n) is 7.52. The van der Waals surface area contributed by atoms with E-state index in [0.29, 0.717) is 17.8 Å². The smallest absolute Gasteiger partial charge is 0.294 e. The summed E-state index contributed by atoms with van der Waals surface area (Å²) in [6, 6.07) is 10.4. The van der Waals surface area contributed by atoms with E-state index in [1.54, 1.807) is 49.0 Å². The zero-order valence-electron chi connectivity index (χ0n) is 17.4. The summed E-state index contributed by atoms with van der Waals surface area (Å²) in [4.78, 5) is 41.2. The fourth-order valence-electron chi connectivity index (χ4n) is 3.78. The number of rotatable bonds is 5. The van der Waals surface area contributed by atoms with Crippen LogP contribution >= 0.6 is 0 Å². The molecule has 0 spiro atoms. The normalized spacial score (nSPS) is 14.3. The van der Waals surface area contributed by atoms with E-state index in [2.05, 4.69) is 5.10 Å². The second-order valence-corrected chi connectivity index (χ2v) is 7.52. The van der Waals surface area contributed by atoms with Gasteiger partial charge in [0.2, 0.25) is 0 Å². The van der Waals surface area contributed by atoms with E-state index in [0.717, 1.165) is 0 Å². The molecule has 0 saturated carbocycles. The minimum atomic E-state index is -0.511. The lowest BCUT2D eigenvalue weighted by molar-refractivity contribution is -0.576. The first kappa shape index (κ1) is 20.5. The second kappa shape index (κ2) is 7.79. The molecule has 8 heteroatoms. The molecule has 0 unspecified atom stereocenters. The number of carbonyl (C=O) groups excluding carboxylic acids is 2. The van der Waals surface area contributed by atoms with E-state index in [1.807, 2.05) is 6.92 Å². The largest absolute Gasteiger partial charge is 0.327 e. The third kappa shape index (κ3) is 3.30. The highest BCUT2D eigenvalue weighted by Crippen LogP contribution is 2.31. The minimum Gasteiger partial charge on any atom is -0.294 e. The number of aromatic amines is 1. The van der Waals surface area contributed by atoms with Crippen LogP contribution in [0.4, 0.5) is 4.39 Å². The molecule has 31 heavy (non-hydrogen) atoms. The molecule has 1 aromatic carbocycles. The minimum absolute atomic E-state index is 0.0638.